The first-order valence-electron chi connectivity index (χ1n) is 9.79. The molecule has 0 spiro atoms. The number of halogens is 3. The van der Waals surface area contributed by atoms with Gasteiger partial charge in [-0.05, 0) is 54.8 Å². The van der Waals surface area contributed by atoms with Gasteiger partial charge >= 0.3 is 6.18 Å². The lowest BCUT2D eigenvalue weighted by Crippen LogP contribution is -2.41. The number of rotatable bonds is 5. The molecule has 11 heteroatoms. The number of piperidine rings is 1. The second-order valence-corrected chi connectivity index (χ2v) is 9.25. The molecule has 32 heavy (non-hydrogen) atoms. The third-order valence-corrected chi connectivity index (χ3v) is 5.94. The highest BCUT2D eigenvalue weighted by Gasteiger charge is 2.31. The predicted octanol–water partition coefficient (Wildman–Crippen LogP) is 2.98. The van der Waals surface area contributed by atoms with Gasteiger partial charge in [0, 0.05) is 30.3 Å². The molecule has 3 rings (SSSR count). The summed E-state index contributed by atoms with van der Waals surface area (Å²) in [4.78, 5) is 26.6. The molecule has 0 aliphatic carbocycles. The van der Waals surface area contributed by atoms with E-state index in [1.807, 2.05) is 0 Å². The first-order chi connectivity index (χ1) is 14.9. The summed E-state index contributed by atoms with van der Waals surface area (Å²) in [6.07, 6.45) is -3.63. The van der Waals surface area contributed by atoms with Crippen molar-refractivity contribution >= 4 is 27.5 Å². The predicted molar refractivity (Wildman–Crippen MR) is 112 cm³/mol. The van der Waals surface area contributed by atoms with Crippen LogP contribution < -0.4 is 10.5 Å². The van der Waals surface area contributed by atoms with Crippen molar-refractivity contribution in [1.29, 1.82) is 0 Å². The van der Waals surface area contributed by atoms with E-state index < -0.39 is 21.8 Å². The van der Waals surface area contributed by atoms with Crippen LogP contribution in [0.5, 0.6) is 0 Å². The number of nitrogens with zero attached hydrogens (tertiary/aromatic N) is 1. The number of carbonyl (C=O) groups excluding carboxylic acids is 2. The monoisotopic (exact) mass is 469 g/mol. The average molecular weight is 469 g/mol. The van der Waals surface area contributed by atoms with E-state index in [1.165, 1.54) is 4.90 Å². The van der Waals surface area contributed by atoms with Crippen molar-refractivity contribution in [3.05, 3.63) is 65.2 Å². The molecule has 2 aromatic carbocycles. The summed E-state index contributed by atoms with van der Waals surface area (Å²) < 4.78 is 60.3. The number of benzene rings is 2. The molecule has 0 aromatic heterocycles. The normalized spacial score (nSPS) is 15.4. The van der Waals surface area contributed by atoms with E-state index in [9.17, 15) is 31.2 Å². The number of anilines is 1. The zero-order valence-corrected chi connectivity index (χ0v) is 17.7. The third kappa shape index (κ3) is 6.30. The van der Waals surface area contributed by atoms with Crippen molar-refractivity contribution in [2.24, 2.45) is 11.1 Å². The Morgan fingerprint density at radius 1 is 1.00 bits per heavy atom. The maximum Gasteiger partial charge on any atom is 0.416 e. The SMILES string of the molecule is NS(=O)(=O)Cc1ccc(NC(=O)C2CCN(C(=O)c3ccc(C(F)(F)F)cc3)CC2)cc1. The van der Waals surface area contributed by atoms with E-state index in [1.54, 1.807) is 24.3 Å². The summed E-state index contributed by atoms with van der Waals surface area (Å²) in [5, 5.41) is 7.77. The van der Waals surface area contributed by atoms with E-state index in [0.717, 1.165) is 24.3 Å². The lowest BCUT2D eigenvalue weighted by atomic mass is 9.95. The number of primary sulfonamides is 1. The Bertz CT molecular complexity index is 1080. The van der Waals surface area contributed by atoms with Crippen molar-refractivity contribution < 1.29 is 31.2 Å². The number of carbonyl (C=O) groups is 2. The number of amides is 2. The molecule has 0 radical (unpaired) electrons. The fourth-order valence-electron chi connectivity index (χ4n) is 3.49. The number of likely N-dealkylation sites (tertiary alicyclic amines) is 1. The number of nitrogens with one attached hydrogen (secondary N) is 1. The largest absolute Gasteiger partial charge is 0.416 e. The van der Waals surface area contributed by atoms with Gasteiger partial charge in [0.25, 0.3) is 5.91 Å². The van der Waals surface area contributed by atoms with Gasteiger partial charge in [0.05, 0.1) is 11.3 Å². The first-order valence-corrected chi connectivity index (χ1v) is 11.5. The van der Waals surface area contributed by atoms with Crippen LogP contribution in [0.3, 0.4) is 0 Å². The fourth-order valence-corrected chi connectivity index (χ4v) is 4.15. The van der Waals surface area contributed by atoms with Crippen LogP contribution in [-0.4, -0.2) is 38.2 Å². The van der Waals surface area contributed by atoms with Gasteiger partial charge < -0.3 is 10.2 Å². The number of sulfonamides is 1. The summed E-state index contributed by atoms with van der Waals surface area (Å²) in [7, 11) is -3.64. The average Bonchev–Trinajstić information content (AvgIpc) is 2.73. The molecule has 1 aliphatic rings. The highest BCUT2D eigenvalue weighted by molar-refractivity contribution is 7.88. The lowest BCUT2D eigenvalue weighted by Gasteiger charge is -2.31. The summed E-state index contributed by atoms with van der Waals surface area (Å²) >= 11 is 0. The maximum absolute atomic E-state index is 12.7. The molecule has 0 unspecified atom stereocenters. The Labute approximate surface area is 183 Å². The van der Waals surface area contributed by atoms with Crippen LogP contribution in [0.4, 0.5) is 18.9 Å². The quantitative estimate of drug-likeness (QED) is 0.702. The minimum Gasteiger partial charge on any atom is -0.339 e. The van der Waals surface area contributed by atoms with E-state index in [-0.39, 0.29) is 29.0 Å². The Hall–Kier alpha value is -2.92. The highest BCUT2D eigenvalue weighted by atomic mass is 32.2. The molecule has 1 heterocycles. The molecular weight excluding hydrogens is 447 g/mol. The molecule has 1 aliphatic heterocycles. The third-order valence-electron chi connectivity index (χ3n) is 5.20. The van der Waals surface area contributed by atoms with Crippen LogP contribution >= 0.6 is 0 Å². The van der Waals surface area contributed by atoms with Crippen LogP contribution in [-0.2, 0) is 26.7 Å². The Balaban J connectivity index is 1.52. The molecule has 0 saturated carbocycles. The van der Waals surface area contributed by atoms with Crippen LogP contribution in [0.2, 0.25) is 0 Å². The van der Waals surface area contributed by atoms with Gasteiger partial charge in [-0.1, -0.05) is 12.1 Å². The standard InChI is InChI=1S/C21H22F3N3O4S/c22-21(23,24)17-5-3-16(4-6-17)20(29)27-11-9-15(10-12-27)19(28)26-18-7-1-14(2-8-18)13-32(25,30)31/h1-8,15H,9-13H2,(H,26,28)(H2,25,30,31). The first kappa shape index (κ1) is 23.7. The second-order valence-electron chi connectivity index (χ2n) is 7.63. The van der Waals surface area contributed by atoms with Crippen LogP contribution in [0.15, 0.2) is 48.5 Å². The van der Waals surface area contributed by atoms with Gasteiger partial charge in [-0.2, -0.15) is 13.2 Å². The van der Waals surface area contributed by atoms with E-state index in [4.69, 9.17) is 5.14 Å². The van der Waals surface area contributed by atoms with Gasteiger partial charge in [0.1, 0.15) is 0 Å². The van der Waals surface area contributed by atoms with Gasteiger partial charge in [-0.3, -0.25) is 9.59 Å². The fraction of sp³-hybridized carbons (Fsp3) is 0.333. The van der Waals surface area contributed by atoms with Gasteiger partial charge in [-0.15, -0.1) is 0 Å². The minimum atomic E-state index is -4.46. The number of nitrogens with two attached hydrogens (primary N) is 1. The molecule has 1 fully saturated rings. The molecular formula is C21H22F3N3O4S. The van der Waals surface area contributed by atoms with Gasteiger partial charge in [-0.25, -0.2) is 13.6 Å². The minimum absolute atomic E-state index is 0.167. The zero-order valence-electron chi connectivity index (χ0n) is 16.9. The van der Waals surface area contributed by atoms with Crippen molar-refractivity contribution in [2.75, 3.05) is 18.4 Å². The van der Waals surface area contributed by atoms with Crippen molar-refractivity contribution in [2.45, 2.75) is 24.8 Å². The van der Waals surface area contributed by atoms with E-state index >= 15 is 0 Å². The summed E-state index contributed by atoms with van der Waals surface area (Å²) in [6.45, 7) is 0.622. The molecule has 172 valence electrons. The van der Waals surface area contributed by atoms with Crippen LogP contribution in [0, 0.1) is 5.92 Å². The van der Waals surface area contributed by atoms with Crippen molar-refractivity contribution in [1.82, 2.24) is 4.90 Å². The second kappa shape index (κ2) is 9.29. The lowest BCUT2D eigenvalue weighted by molar-refractivity contribution is -0.137. The summed E-state index contributed by atoms with van der Waals surface area (Å²) in [5.41, 5.74) is 0.361. The highest BCUT2D eigenvalue weighted by Crippen LogP contribution is 2.29. The molecule has 7 nitrogen and oxygen atoms in total. The number of hydrogen-bond acceptors (Lipinski definition) is 4. The summed E-state index contributed by atoms with van der Waals surface area (Å²) in [5.74, 6) is -1.21. The van der Waals surface area contributed by atoms with Gasteiger partial charge in [0.2, 0.25) is 15.9 Å². The maximum atomic E-state index is 12.7. The Morgan fingerprint density at radius 3 is 2.06 bits per heavy atom. The van der Waals surface area contributed by atoms with Crippen LogP contribution in [0.1, 0.15) is 34.3 Å². The zero-order chi connectivity index (χ0) is 23.5. The smallest absolute Gasteiger partial charge is 0.339 e. The molecule has 0 bridgehead atoms. The topological polar surface area (TPSA) is 110 Å². The molecule has 2 amide bonds. The number of alkyl halides is 3. The van der Waals surface area contributed by atoms with E-state index in [2.05, 4.69) is 5.32 Å². The Kier molecular flexibility index (Phi) is 6.89. The van der Waals surface area contributed by atoms with E-state index in [0.29, 0.717) is 37.2 Å². The molecule has 0 atom stereocenters. The van der Waals surface area contributed by atoms with Crippen molar-refractivity contribution in [3.8, 4) is 0 Å². The number of hydrogen-bond donors (Lipinski definition) is 2. The Morgan fingerprint density at radius 2 is 1.56 bits per heavy atom. The van der Waals surface area contributed by atoms with Crippen molar-refractivity contribution in [3.63, 3.8) is 0 Å². The summed E-state index contributed by atoms with van der Waals surface area (Å²) in [6, 6.07) is 10.4. The van der Waals surface area contributed by atoms with Gasteiger partial charge in [0.15, 0.2) is 0 Å². The van der Waals surface area contributed by atoms with Crippen LogP contribution in [0.25, 0.3) is 0 Å². The molecule has 1 saturated heterocycles. The molecule has 2 aromatic rings. The molecule has 3 N–H and O–H groups in total.